The second-order valence-electron chi connectivity index (χ2n) is 9.91. The van der Waals surface area contributed by atoms with Crippen LogP contribution in [0.1, 0.15) is 40.4 Å². The maximum atomic E-state index is 13.9. The van der Waals surface area contributed by atoms with Gasteiger partial charge in [0.2, 0.25) is 5.78 Å². The Morgan fingerprint density at radius 3 is 2.00 bits per heavy atom. The first-order valence-corrected chi connectivity index (χ1v) is 12.3. The second-order valence-corrected chi connectivity index (χ2v) is 9.91. The summed E-state index contributed by atoms with van der Waals surface area (Å²) in [5.41, 5.74) is 1.15. The highest BCUT2D eigenvalue weighted by Crippen LogP contribution is 2.37. The van der Waals surface area contributed by atoms with Crippen LogP contribution in [0.3, 0.4) is 0 Å². The molecule has 1 atom stereocenters. The third-order valence-corrected chi connectivity index (χ3v) is 7.45. The molecule has 3 aromatic rings. The van der Waals surface area contributed by atoms with Crippen LogP contribution < -0.4 is 0 Å². The van der Waals surface area contributed by atoms with Gasteiger partial charge in [-0.25, -0.2) is 18.0 Å². The van der Waals surface area contributed by atoms with E-state index in [9.17, 15) is 22.8 Å². The maximum Gasteiger partial charge on any atom is 0.509 e. The topological polar surface area (TPSA) is 52.6 Å². The third kappa shape index (κ3) is 5.69. The monoisotopic (exact) mass is 510 g/mol. The molecule has 0 N–H and O–H groups in total. The summed E-state index contributed by atoms with van der Waals surface area (Å²) in [5, 5.41) is 0. The van der Waals surface area contributed by atoms with E-state index in [2.05, 4.69) is 0 Å². The van der Waals surface area contributed by atoms with Gasteiger partial charge in [-0.15, -0.1) is 0 Å². The Morgan fingerprint density at radius 2 is 1.43 bits per heavy atom. The molecule has 0 aliphatic carbocycles. The number of fused-ring (bicyclic) bond motifs is 3. The molecule has 3 aliphatic heterocycles. The van der Waals surface area contributed by atoms with Gasteiger partial charge >= 0.3 is 6.16 Å². The molecule has 37 heavy (non-hydrogen) atoms. The fourth-order valence-corrected chi connectivity index (χ4v) is 5.52. The quantitative estimate of drug-likeness (QED) is 0.228. The zero-order valence-corrected chi connectivity index (χ0v) is 20.1. The minimum absolute atomic E-state index is 0.0843. The highest BCUT2D eigenvalue weighted by atomic mass is 19.1. The van der Waals surface area contributed by atoms with Crippen molar-refractivity contribution in [2.45, 2.75) is 25.0 Å². The van der Waals surface area contributed by atoms with E-state index < -0.39 is 35.8 Å². The van der Waals surface area contributed by atoms with E-state index in [0.29, 0.717) is 27.7 Å². The van der Waals surface area contributed by atoms with Gasteiger partial charge in [0.05, 0.1) is 13.1 Å². The number of carbonyl (C=O) groups excluding carboxylic acids is 2. The minimum Gasteiger partial charge on any atom is -0.425 e. The lowest BCUT2D eigenvalue weighted by molar-refractivity contribution is -0.938. The van der Waals surface area contributed by atoms with Gasteiger partial charge in [-0.05, 0) is 48.5 Å². The minimum atomic E-state index is -1.05. The van der Waals surface area contributed by atoms with Crippen LogP contribution in [0.15, 0.2) is 72.8 Å². The standard InChI is InChI=1S/C29H27F3NO4/c30-23-9-7-19(8-10-23)26(34)17-33-13-11-20(12-14-33)27(18-33)36-29(35)37-28(21-3-1-5-24(31)15-21)22-4-2-6-25(32)16-22/h1-10,15-16,20,27-28H,11-14,17-18H2/q+1. The molecule has 2 bridgehead atoms. The summed E-state index contributed by atoms with van der Waals surface area (Å²) >= 11 is 0. The first-order valence-electron chi connectivity index (χ1n) is 12.3. The summed E-state index contributed by atoms with van der Waals surface area (Å²) in [6.07, 6.45) is -0.835. The van der Waals surface area contributed by atoms with E-state index in [-0.39, 0.29) is 18.2 Å². The van der Waals surface area contributed by atoms with Crippen LogP contribution in [-0.2, 0) is 9.47 Å². The molecule has 3 aliphatic rings. The van der Waals surface area contributed by atoms with E-state index in [1.807, 2.05) is 0 Å². The number of nitrogens with zero attached hydrogens (tertiary/aromatic N) is 1. The van der Waals surface area contributed by atoms with E-state index in [1.165, 1.54) is 60.7 Å². The van der Waals surface area contributed by atoms with E-state index in [0.717, 1.165) is 25.9 Å². The number of hydrogen-bond acceptors (Lipinski definition) is 4. The Labute approximate surface area is 213 Å². The van der Waals surface area contributed by atoms with Gasteiger partial charge in [0.15, 0.2) is 12.2 Å². The third-order valence-electron chi connectivity index (χ3n) is 7.45. The molecular weight excluding hydrogens is 483 g/mol. The first-order chi connectivity index (χ1) is 17.8. The smallest absolute Gasteiger partial charge is 0.425 e. The molecule has 0 aromatic heterocycles. The van der Waals surface area contributed by atoms with Crippen molar-refractivity contribution in [2.24, 2.45) is 5.92 Å². The van der Waals surface area contributed by atoms with Gasteiger partial charge in [0.1, 0.15) is 30.5 Å². The predicted octanol–water partition coefficient (Wildman–Crippen LogP) is 5.84. The Bertz CT molecular complexity index is 1240. The van der Waals surface area contributed by atoms with Crippen molar-refractivity contribution in [1.82, 2.24) is 0 Å². The van der Waals surface area contributed by atoms with Gasteiger partial charge in [-0.3, -0.25) is 4.79 Å². The number of Topliss-reactive ketones (excluding diaryl/α,β-unsaturated/α-hetero) is 1. The summed E-state index contributed by atoms with van der Waals surface area (Å²) in [6.45, 7) is 2.29. The van der Waals surface area contributed by atoms with Crippen molar-refractivity contribution in [3.63, 3.8) is 0 Å². The Balaban J connectivity index is 1.29. The van der Waals surface area contributed by atoms with Crippen LogP contribution in [0.2, 0.25) is 0 Å². The van der Waals surface area contributed by atoms with Crippen LogP contribution in [0, 0.1) is 23.4 Å². The highest BCUT2D eigenvalue weighted by Gasteiger charge is 2.49. The van der Waals surface area contributed by atoms with Crippen molar-refractivity contribution in [2.75, 3.05) is 26.2 Å². The molecule has 3 fully saturated rings. The zero-order chi connectivity index (χ0) is 26.0. The number of halogens is 3. The molecular formula is C29H27F3NO4+. The lowest BCUT2D eigenvalue weighted by Crippen LogP contribution is -2.65. The molecule has 3 saturated heterocycles. The average Bonchev–Trinajstić information content (AvgIpc) is 2.88. The number of quaternary nitrogens is 1. The number of ether oxygens (including phenoxy) is 2. The number of piperidine rings is 3. The molecule has 3 heterocycles. The zero-order valence-electron chi connectivity index (χ0n) is 20.1. The Hall–Kier alpha value is -3.65. The Morgan fingerprint density at radius 1 is 0.838 bits per heavy atom. The van der Waals surface area contributed by atoms with Gasteiger partial charge in [0, 0.05) is 35.4 Å². The lowest BCUT2D eigenvalue weighted by atomic mass is 9.83. The van der Waals surface area contributed by atoms with Crippen molar-refractivity contribution >= 4 is 11.9 Å². The van der Waals surface area contributed by atoms with Crippen molar-refractivity contribution in [3.05, 3.63) is 107 Å². The van der Waals surface area contributed by atoms with Crippen LogP contribution >= 0.6 is 0 Å². The summed E-state index contributed by atoms with van der Waals surface area (Å²) in [5.74, 6) is -1.35. The highest BCUT2D eigenvalue weighted by molar-refractivity contribution is 5.97. The number of ketones is 1. The van der Waals surface area contributed by atoms with Crippen LogP contribution in [0.5, 0.6) is 0 Å². The molecule has 1 unspecified atom stereocenters. The SMILES string of the molecule is O=C(OC(c1cccc(F)c1)c1cccc(F)c1)OC1C[N+]2(CC(=O)c3ccc(F)cc3)CCC1CC2. The predicted molar refractivity (Wildman–Crippen MR) is 129 cm³/mol. The van der Waals surface area contributed by atoms with Gasteiger partial charge < -0.3 is 14.0 Å². The van der Waals surface area contributed by atoms with Gasteiger partial charge in [0.25, 0.3) is 0 Å². The molecule has 6 rings (SSSR count). The summed E-state index contributed by atoms with van der Waals surface area (Å²) in [7, 11) is 0. The number of rotatable bonds is 7. The average molecular weight is 511 g/mol. The second kappa shape index (κ2) is 10.4. The number of benzene rings is 3. The molecule has 0 saturated carbocycles. The molecule has 8 heteroatoms. The molecule has 0 amide bonds. The summed E-state index contributed by atoms with van der Waals surface area (Å²) < 4.78 is 53.0. The van der Waals surface area contributed by atoms with Crippen LogP contribution in [-0.4, -0.2) is 48.7 Å². The van der Waals surface area contributed by atoms with Gasteiger partial charge in [-0.2, -0.15) is 0 Å². The summed E-state index contributed by atoms with van der Waals surface area (Å²) in [4.78, 5) is 25.9. The molecule has 5 nitrogen and oxygen atoms in total. The normalized spacial score (nSPS) is 22.6. The molecule has 192 valence electrons. The fraction of sp³-hybridized carbons (Fsp3) is 0.310. The van der Waals surface area contributed by atoms with Crippen LogP contribution in [0.4, 0.5) is 18.0 Å². The van der Waals surface area contributed by atoms with Crippen molar-refractivity contribution in [3.8, 4) is 0 Å². The molecule has 0 spiro atoms. The van der Waals surface area contributed by atoms with Crippen molar-refractivity contribution in [1.29, 1.82) is 0 Å². The Kier molecular flexibility index (Phi) is 7.02. The van der Waals surface area contributed by atoms with Crippen molar-refractivity contribution < 1.29 is 36.7 Å². The van der Waals surface area contributed by atoms with E-state index >= 15 is 0 Å². The summed E-state index contributed by atoms with van der Waals surface area (Å²) in [6, 6.07) is 16.7. The first kappa shape index (κ1) is 25.0. The largest absolute Gasteiger partial charge is 0.509 e. The fourth-order valence-electron chi connectivity index (χ4n) is 5.52. The molecule has 3 aromatic carbocycles. The van der Waals surface area contributed by atoms with Gasteiger partial charge in [-0.1, -0.05) is 24.3 Å². The van der Waals surface area contributed by atoms with E-state index in [1.54, 1.807) is 12.1 Å². The van der Waals surface area contributed by atoms with E-state index in [4.69, 9.17) is 9.47 Å². The number of carbonyl (C=O) groups is 2. The lowest BCUT2D eigenvalue weighted by Gasteiger charge is -2.51. The van der Waals surface area contributed by atoms with Crippen LogP contribution in [0.25, 0.3) is 0 Å². The molecule has 0 radical (unpaired) electrons. The number of hydrogen-bond donors (Lipinski definition) is 0. The maximum absolute atomic E-state index is 13.9.